The minimum Gasteiger partial charge on any atom is -0.302 e. The predicted molar refractivity (Wildman–Crippen MR) is 106 cm³/mol. The smallest absolute Gasteiger partial charge is 0.245 e. The second kappa shape index (κ2) is 7.93. The molecule has 8 nitrogen and oxygen atoms in total. The average molecular weight is 379 g/mol. The lowest BCUT2D eigenvalue weighted by Crippen LogP contribution is -2.51. The quantitative estimate of drug-likeness (QED) is 0.709. The van der Waals surface area contributed by atoms with Crippen LogP contribution < -0.4 is 10.2 Å². The lowest BCUT2D eigenvalue weighted by Gasteiger charge is -2.32. The van der Waals surface area contributed by atoms with Crippen LogP contribution in [0.15, 0.2) is 43.1 Å². The first-order valence-electron chi connectivity index (χ1n) is 9.68. The van der Waals surface area contributed by atoms with Gasteiger partial charge >= 0.3 is 0 Å². The molecule has 1 amide bonds. The molecule has 1 fully saturated rings. The van der Waals surface area contributed by atoms with Crippen molar-refractivity contribution >= 4 is 11.7 Å². The summed E-state index contributed by atoms with van der Waals surface area (Å²) in [5.74, 6) is 1.00. The van der Waals surface area contributed by atoms with E-state index in [1.807, 2.05) is 28.6 Å². The largest absolute Gasteiger partial charge is 0.302 e. The third-order valence-electron chi connectivity index (χ3n) is 5.19. The number of hydrogen-bond donors (Lipinski definition) is 1. The molecule has 28 heavy (non-hydrogen) atoms. The van der Waals surface area contributed by atoms with Crippen LogP contribution in [0.25, 0.3) is 5.69 Å². The van der Waals surface area contributed by atoms with Crippen molar-refractivity contribution in [3.05, 3.63) is 54.2 Å². The normalized spacial score (nSPS) is 17.3. The number of carbonyl (C=O) groups is 1. The van der Waals surface area contributed by atoms with Gasteiger partial charge in [0.2, 0.25) is 5.91 Å². The van der Waals surface area contributed by atoms with Gasteiger partial charge < -0.3 is 5.32 Å². The Kier molecular flexibility index (Phi) is 5.21. The van der Waals surface area contributed by atoms with Crippen molar-refractivity contribution < 1.29 is 4.79 Å². The van der Waals surface area contributed by atoms with Gasteiger partial charge in [-0.1, -0.05) is 12.1 Å². The monoisotopic (exact) mass is 379 g/mol. The van der Waals surface area contributed by atoms with Gasteiger partial charge in [0.1, 0.15) is 18.5 Å². The molecule has 1 saturated heterocycles. The van der Waals surface area contributed by atoms with Crippen LogP contribution in [0.4, 0.5) is 5.82 Å². The summed E-state index contributed by atoms with van der Waals surface area (Å²) in [6.07, 6.45) is 6.80. The van der Waals surface area contributed by atoms with Crippen LogP contribution in [-0.4, -0.2) is 43.0 Å². The summed E-state index contributed by atoms with van der Waals surface area (Å²) in [4.78, 5) is 18.9. The molecule has 8 heteroatoms. The van der Waals surface area contributed by atoms with Crippen LogP contribution in [0.5, 0.6) is 0 Å². The standard InChI is InChI=1S/C20H25N7O/c1-3-26-19(8-9-23-26)25-10-4-5-17(20(25)28)22-12-16-6-7-18(15(2)11-16)27-14-21-13-24-27/h6-9,11,13-14,17,22H,3-5,10,12H2,1-2H3. The second-order valence-electron chi connectivity index (χ2n) is 7.03. The maximum absolute atomic E-state index is 13.0. The summed E-state index contributed by atoms with van der Waals surface area (Å²) in [5, 5.41) is 11.9. The summed E-state index contributed by atoms with van der Waals surface area (Å²) in [6.45, 7) is 6.23. The van der Waals surface area contributed by atoms with E-state index in [4.69, 9.17) is 0 Å². The van der Waals surface area contributed by atoms with Gasteiger partial charge in [-0.2, -0.15) is 10.2 Å². The van der Waals surface area contributed by atoms with Gasteiger partial charge in [0, 0.05) is 25.7 Å². The van der Waals surface area contributed by atoms with Crippen molar-refractivity contribution in [2.75, 3.05) is 11.4 Å². The number of piperidine rings is 1. The first-order chi connectivity index (χ1) is 13.7. The molecule has 0 radical (unpaired) electrons. The molecule has 0 spiro atoms. The van der Waals surface area contributed by atoms with Crippen LogP contribution in [0, 0.1) is 6.92 Å². The summed E-state index contributed by atoms with van der Waals surface area (Å²) in [6, 6.07) is 7.96. The molecule has 0 saturated carbocycles. The highest BCUT2D eigenvalue weighted by Crippen LogP contribution is 2.21. The number of benzene rings is 1. The fourth-order valence-corrected chi connectivity index (χ4v) is 3.75. The van der Waals surface area contributed by atoms with E-state index >= 15 is 0 Å². The Balaban J connectivity index is 1.43. The van der Waals surface area contributed by atoms with E-state index in [0.29, 0.717) is 6.54 Å². The number of carbonyl (C=O) groups excluding carboxylic acids is 1. The van der Waals surface area contributed by atoms with Crippen molar-refractivity contribution in [3.63, 3.8) is 0 Å². The Hall–Kier alpha value is -3.00. The number of anilines is 1. The fourth-order valence-electron chi connectivity index (χ4n) is 3.75. The van der Waals surface area contributed by atoms with Crippen molar-refractivity contribution in [2.24, 2.45) is 0 Å². The third kappa shape index (κ3) is 3.55. The van der Waals surface area contributed by atoms with Gasteiger partial charge in [0.25, 0.3) is 0 Å². The number of aryl methyl sites for hydroxylation is 2. The van der Waals surface area contributed by atoms with Gasteiger partial charge in [-0.25, -0.2) is 14.3 Å². The molecule has 0 bridgehead atoms. The molecule has 3 aromatic rings. The van der Waals surface area contributed by atoms with E-state index in [-0.39, 0.29) is 11.9 Å². The van der Waals surface area contributed by atoms with Crippen LogP contribution in [0.3, 0.4) is 0 Å². The van der Waals surface area contributed by atoms with E-state index in [9.17, 15) is 4.79 Å². The summed E-state index contributed by atoms with van der Waals surface area (Å²) in [7, 11) is 0. The van der Waals surface area contributed by atoms with Crippen LogP contribution in [0.1, 0.15) is 30.9 Å². The zero-order valence-electron chi connectivity index (χ0n) is 16.2. The van der Waals surface area contributed by atoms with Gasteiger partial charge in [-0.15, -0.1) is 0 Å². The molecule has 3 heterocycles. The van der Waals surface area contributed by atoms with Crippen molar-refractivity contribution in [1.29, 1.82) is 0 Å². The number of aromatic nitrogens is 5. The van der Waals surface area contributed by atoms with Gasteiger partial charge in [0.15, 0.2) is 0 Å². The molecule has 146 valence electrons. The Morgan fingerprint density at radius 1 is 1.25 bits per heavy atom. The lowest BCUT2D eigenvalue weighted by molar-refractivity contribution is -0.121. The van der Waals surface area contributed by atoms with Crippen LogP contribution in [0.2, 0.25) is 0 Å². The number of rotatable bonds is 6. The Morgan fingerprint density at radius 2 is 2.14 bits per heavy atom. The Morgan fingerprint density at radius 3 is 2.89 bits per heavy atom. The molecule has 1 atom stereocenters. The molecule has 4 rings (SSSR count). The second-order valence-corrected chi connectivity index (χ2v) is 7.03. The highest BCUT2D eigenvalue weighted by atomic mass is 16.2. The van der Waals surface area contributed by atoms with E-state index in [1.54, 1.807) is 17.2 Å². The first-order valence-corrected chi connectivity index (χ1v) is 9.68. The van der Waals surface area contributed by atoms with E-state index < -0.39 is 0 Å². The highest BCUT2D eigenvalue weighted by molar-refractivity contribution is 5.97. The summed E-state index contributed by atoms with van der Waals surface area (Å²) in [5.41, 5.74) is 3.27. The molecule has 1 N–H and O–H groups in total. The maximum Gasteiger partial charge on any atom is 0.245 e. The van der Waals surface area contributed by atoms with E-state index in [1.165, 1.54) is 6.33 Å². The third-order valence-corrected chi connectivity index (χ3v) is 5.19. The molecule has 1 aliphatic rings. The molecule has 0 aliphatic carbocycles. The number of nitrogens with one attached hydrogen (secondary N) is 1. The summed E-state index contributed by atoms with van der Waals surface area (Å²) >= 11 is 0. The van der Waals surface area contributed by atoms with Gasteiger partial charge in [-0.3, -0.25) is 9.69 Å². The van der Waals surface area contributed by atoms with Gasteiger partial charge in [0.05, 0.1) is 17.9 Å². The molecule has 2 aromatic heterocycles. The van der Waals surface area contributed by atoms with Crippen molar-refractivity contribution in [1.82, 2.24) is 29.9 Å². The van der Waals surface area contributed by atoms with Crippen LogP contribution >= 0.6 is 0 Å². The van der Waals surface area contributed by atoms with Crippen molar-refractivity contribution in [2.45, 2.75) is 45.8 Å². The predicted octanol–water partition coefficient (Wildman–Crippen LogP) is 2.08. The zero-order chi connectivity index (χ0) is 19.5. The fraction of sp³-hybridized carbons (Fsp3) is 0.400. The average Bonchev–Trinajstić information content (AvgIpc) is 3.39. The molecule has 1 unspecified atom stereocenters. The first kappa shape index (κ1) is 18.4. The molecular formula is C20H25N7O. The van der Waals surface area contributed by atoms with E-state index in [2.05, 4.69) is 39.6 Å². The number of nitrogens with zero attached hydrogens (tertiary/aromatic N) is 6. The zero-order valence-corrected chi connectivity index (χ0v) is 16.2. The highest BCUT2D eigenvalue weighted by Gasteiger charge is 2.30. The summed E-state index contributed by atoms with van der Waals surface area (Å²) < 4.78 is 3.62. The minimum atomic E-state index is -0.177. The maximum atomic E-state index is 13.0. The molecular weight excluding hydrogens is 354 g/mol. The molecule has 1 aromatic carbocycles. The van der Waals surface area contributed by atoms with E-state index in [0.717, 1.165) is 48.6 Å². The number of amides is 1. The lowest BCUT2D eigenvalue weighted by atomic mass is 10.0. The number of hydrogen-bond acceptors (Lipinski definition) is 5. The Bertz CT molecular complexity index is 947. The minimum absolute atomic E-state index is 0.123. The topological polar surface area (TPSA) is 80.9 Å². The Labute approximate surface area is 164 Å². The van der Waals surface area contributed by atoms with Crippen LogP contribution in [-0.2, 0) is 17.9 Å². The van der Waals surface area contributed by atoms with Gasteiger partial charge in [-0.05, 0) is 43.9 Å². The molecule has 1 aliphatic heterocycles. The van der Waals surface area contributed by atoms with Crippen molar-refractivity contribution in [3.8, 4) is 5.69 Å². The SMILES string of the molecule is CCn1nccc1N1CCCC(NCc2ccc(-n3cncn3)c(C)c2)C1=O.